The van der Waals surface area contributed by atoms with Crippen molar-refractivity contribution in [2.75, 3.05) is 17.7 Å². The number of amides is 1. The molecule has 0 aliphatic heterocycles. The second kappa shape index (κ2) is 9.49. The minimum absolute atomic E-state index is 0.0569. The fraction of sp³-hybridized carbons (Fsp3) is 0.263. The van der Waals surface area contributed by atoms with Gasteiger partial charge in [-0.2, -0.15) is 0 Å². The lowest BCUT2D eigenvalue weighted by molar-refractivity contribution is -0.113. The van der Waals surface area contributed by atoms with Crippen molar-refractivity contribution in [3.05, 3.63) is 64.2 Å². The number of esters is 1. The number of halogens is 1. The SMILES string of the molecule is CCOC(=O)c1ccc(CSCC(=O)Nc2ccc(Cl)cc2C)cc1. The lowest BCUT2D eigenvalue weighted by atomic mass is 10.1. The van der Waals surface area contributed by atoms with Gasteiger partial charge in [0.05, 0.1) is 17.9 Å². The van der Waals surface area contributed by atoms with Gasteiger partial charge in [0.2, 0.25) is 5.91 Å². The summed E-state index contributed by atoms with van der Waals surface area (Å²) in [4.78, 5) is 23.6. The Morgan fingerprint density at radius 2 is 1.88 bits per heavy atom. The van der Waals surface area contributed by atoms with Gasteiger partial charge in [0.25, 0.3) is 0 Å². The van der Waals surface area contributed by atoms with Crippen LogP contribution in [0.1, 0.15) is 28.4 Å². The Balaban J connectivity index is 1.80. The highest BCUT2D eigenvalue weighted by molar-refractivity contribution is 7.99. The maximum absolute atomic E-state index is 12.0. The summed E-state index contributed by atoms with van der Waals surface area (Å²) in [5.74, 6) is 0.663. The molecule has 0 heterocycles. The van der Waals surface area contributed by atoms with Crippen molar-refractivity contribution in [2.24, 2.45) is 0 Å². The van der Waals surface area contributed by atoms with Gasteiger partial charge in [0, 0.05) is 16.5 Å². The van der Waals surface area contributed by atoms with Crippen LogP contribution < -0.4 is 5.32 Å². The minimum Gasteiger partial charge on any atom is -0.462 e. The van der Waals surface area contributed by atoms with Gasteiger partial charge in [0.1, 0.15) is 0 Å². The van der Waals surface area contributed by atoms with E-state index in [1.54, 1.807) is 31.2 Å². The van der Waals surface area contributed by atoms with E-state index in [1.807, 2.05) is 25.1 Å². The number of ether oxygens (including phenoxy) is 1. The number of carbonyl (C=O) groups excluding carboxylic acids is 2. The molecule has 0 saturated carbocycles. The van der Waals surface area contributed by atoms with Crippen LogP contribution in [-0.4, -0.2) is 24.2 Å². The maximum Gasteiger partial charge on any atom is 0.338 e. The van der Waals surface area contributed by atoms with E-state index >= 15 is 0 Å². The van der Waals surface area contributed by atoms with Crippen LogP contribution in [0, 0.1) is 6.92 Å². The number of carbonyl (C=O) groups is 2. The van der Waals surface area contributed by atoms with Gasteiger partial charge in [-0.1, -0.05) is 23.7 Å². The van der Waals surface area contributed by atoms with Crippen molar-refractivity contribution >= 4 is 40.9 Å². The molecule has 0 aromatic heterocycles. The standard InChI is InChI=1S/C19H20ClNO3S/c1-3-24-19(23)15-6-4-14(5-7-15)11-25-12-18(22)21-17-9-8-16(20)10-13(17)2/h4-10H,3,11-12H2,1-2H3,(H,21,22). The molecule has 1 N–H and O–H groups in total. The largest absolute Gasteiger partial charge is 0.462 e. The number of benzene rings is 2. The highest BCUT2D eigenvalue weighted by atomic mass is 35.5. The predicted octanol–water partition coefficient (Wildman–Crippen LogP) is 4.70. The number of hydrogen-bond acceptors (Lipinski definition) is 4. The van der Waals surface area contributed by atoms with E-state index in [0.717, 1.165) is 16.8 Å². The average Bonchev–Trinajstić information content (AvgIpc) is 2.58. The molecule has 132 valence electrons. The number of anilines is 1. The molecule has 25 heavy (non-hydrogen) atoms. The Hall–Kier alpha value is -1.98. The van der Waals surface area contributed by atoms with Crippen molar-refractivity contribution < 1.29 is 14.3 Å². The molecule has 0 radical (unpaired) electrons. The minimum atomic E-state index is -0.320. The van der Waals surface area contributed by atoms with E-state index in [2.05, 4.69) is 5.32 Å². The van der Waals surface area contributed by atoms with Gasteiger partial charge in [-0.05, 0) is 55.3 Å². The van der Waals surface area contributed by atoms with Crippen molar-refractivity contribution in [3.8, 4) is 0 Å². The second-order valence-corrected chi connectivity index (χ2v) is 6.84. The summed E-state index contributed by atoms with van der Waals surface area (Å²) < 4.78 is 4.95. The van der Waals surface area contributed by atoms with Gasteiger partial charge < -0.3 is 10.1 Å². The van der Waals surface area contributed by atoms with E-state index in [9.17, 15) is 9.59 Å². The van der Waals surface area contributed by atoms with Crippen molar-refractivity contribution in [3.63, 3.8) is 0 Å². The zero-order chi connectivity index (χ0) is 18.2. The average molecular weight is 378 g/mol. The van der Waals surface area contributed by atoms with E-state index in [0.29, 0.717) is 28.7 Å². The zero-order valence-electron chi connectivity index (χ0n) is 14.2. The molecule has 0 aliphatic carbocycles. The van der Waals surface area contributed by atoms with Crippen LogP contribution in [0.2, 0.25) is 5.02 Å². The smallest absolute Gasteiger partial charge is 0.338 e. The maximum atomic E-state index is 12.0. The van der Waals surface area contributed by atoms with E-state index < -0.39 is 0 Å². The molecule has 0 aliphatic rings. The summed E-state index contributed by atoms with van der Waals surface area (Å²) >= 11 is 7.42. The quantitative estimate of drug-likeness (QED) is 0.711. The van der Waals surface area contributed by atoms with E-state index in [-0.39, 0.29) is 11.9 Å². The first kappa shape index (κ1) is 19.3. The summed E-state index contributed by atoms with van der Waals surface area (Å²) in [6.07, 6.45) is 0. The van der Waals surface area contributed by atoms with Crippen LogP contribution >= 0.6 is 23.4 Å². The molecule has 0 atom stereocenters. The molecule has 0 saturated heterocycles. The van der Waals surface area contributed by atoms with Crippen LogP contribution in [0.15, 0.2) is 42.5 Å². The van der Waals surface area contributed by atoms with Gasteiger partial charge in [-0.25, -0.2) is 4.79 Å². The molecule has 4 nitrogen and oxygen atoms in total. The monoisotopic (exact) mass is 377 g/mol. The molecule has 1 amide bonds. The first-order valence-corrected chi connectivity index (χ1v) is 9.42. The Labute approximate surface area is 156 Å². The molecule has 2 rings (SSSR count). The number of hydrogen-bond donors (Lipinski definition) is 1. The first-order chi connectivity index (χ1) is 12.0. The Kier molecular flexibility index (Phi) is 7.34. The topological polar surface area (TPSA) is 55.4 Å². The summed E-state index contributed by atoms with van der Waals surface area (Å²) in [6.45, 7) is 4.04. The summed E-state index contributed by atoms with van der Waals surface area (Å²) in [5, 5.41) is 3.53. The van der Waals surface area contributed by atoms with Gasteiger partial charge in [-0.3, -0.25) is 4.79 Å². The molecule has 2 aromatic carbocycles. The second-order valence-electron chi connectivity index (χ2n) is 5.42. The molecule has 0 fully saturated rings. The van der Waals surface area contributed by atoms with Gasteiger partial charge in [-0.15, -0.1) is 11.8 Å². The van der Waals surface area contributed by atoms with Crippen LogP contribution in [0.3, 0.4) is 0 Å². The van der Waals surface area contributed by atoms with Crippen LogP contribution in [-0.2, 0) is 15.3 Å². The fourth-order valence-corrected chi connectivity index (χ4v) is 3.18. The van der Waals surface area contributed by atoms with Crippen molar-refractivity contribution in [1.29, 1.82) is 0 Å². The Morgan fingerprint density at radius 1 is 1.16 bits per heavy atom. The normalized spacial score (nSPS) is 10.4. The fourth-order valence-electron chi connectivity index (χ4n) is 2.17. The number of aryl methyl sites for hydroxylation is 1. The third-order valence-electron chi connectivity index (χ3n) is 3.43. The van der Waals surface area contributed by atoms with Crippen LogP contribution in [0.5, 0.6) is 0 Å². The molecule has 0 bridgehead atoms. The summed E-state index contributed by atoms with van der Waals surface area (Å²) in [6, 6.07) is 12.6. The lowest BCUT2D eigenvalue weighted by Gasteiger charge is -2.09. The highest BCUT2D eigenvalue weighted by Gasteiger charge is 2.07. The third kappa shape index (κ3) is 6.11. The number of thioether (sulfide) groups is 1. The Bertz CT molecular complexity index is 747. The van der Waals surface area contributed by atoms with Gasteiger partial charge >= 0.3 is 5.97 Å². The first-order valence-electron chi connectivity index (χ1n) is 7.89. The third-order valence-corrected chi connectivity index (χ3v) is 4.67. The molecule has 2 aromatic rings. The Morgan fingerprint density at radius 3 is 2.52 bits per heavy atom. The summed E-state index contributed by atoms with van der Waals surface area (Å²) in [5.41, 5.74) is 3.29. The number of rotatable bonds is 7. The van der Waals surface area contributed by atoms with Crippen LogP contribution in [0.4, 0.5) is 5.69 Å². The lowest BCUT2D eigenvalue weighted by Crippen LogP contribution is -2.15. The predicted molar refractivity (Wildman–Crippen MR) is 103 cm³/mol. The van der Waals surface area contributed by atoms with E-state index in [4.69, 9.17) is 16.3 Å². The molecule has 6 heteroatoms. The zero-order valence-corrected chi connectivity index (χ0v) is 15.7. The van der Waals surface area contributed by atoms with Crippen LogP contribution in [0.25, 0.3) is 0 Å². The molecular formula is C19H20ClNO3S. The van der Waals surface area contributed by atoms with Crippen molar-refractivity contribution in [1.82, 2.24) is 0 Å². The molecule has 0 unspecified atom stereocenters. The van der Waals surface area contributed by atoms with Gasteiger partial charge in [0.15, 0.2) is 0 Å². The molecule has 0 spiro atoms. The number of nitrogens with one attached hydrogen (secondary N) is 1. The van der Waals surface area contributed by atoms with E-state index in [1.165, 1.54) is 11.8 Å². The summed E-state index contributed by atoms with van der Waals surface area (Å²) in [7, 11) is 0. The van der Waals surface area contributed by atoms with Crippen molar-refractivity contribution in [2.45, 2.75) is 19.6 Å². The highest BCUT2D eigenvalue weighted by Crippen LogP contribution is 2.20. The molecular weight excluding hydrogens is 358 g/mol.